The second-order valence-electron chi connectivity index (χ2n) is 7.53. The average Bonchev–Trinajstić information content (AvgIpc) is 3.16. The molecule has 1 aliphatic heterocycles. The minimum atomic E-state index is -0.618. The van der Waals surface area contributed by atoms with Crippen LogP contribution in [0.25, 0.3) is 0 Å². The predicted octanol–water partition coefficient (Wildman–Crippen LogP) is 5.20. The van der Waals surface area contributed by atoms with E-state index >= 15 is 0 Å². The number of thiophene rings is 1. The summed E-state index contributed by atoms with van der Waals surface area (Å²) in [6.45, 7) is 3.49. The Balaban J connectivity index is 1.56. The Kier molecular flexibility index (Phi) is 5.49. The van der Waals surface area contributed by atoms with Crippen LogP contribution in [0.5, 0.6) is 0 Å². The van der Waals surface area contributed by atoms with Crippen LogP contribution in [0.2, 0.25) is 0 Å². The summed E-state index contributed by atoms with van der Waals surface area (Å²) in [4.78, 5) is 28.0. The predicted molar refractivity (Wildman–Crippen MR) is 108 cm³/mol. The molecule has 2 fully saturated rings. The topological polar surface area (TPSA) is 43.4 Å². The summed E-state index contributed by atoms with van der Waals surface area (Å²) in [6.07, 6.45) is 11.1. The maximum atomic E-state index is 13.0. The third-order valence-electron chi connectivity index (χ3n) is 5.67. The van der Waals surface area contributed by atoms with E-state index in [1.54, 1.807) is 11.3 Å². The molecule has 5 heteroatoms. The van der Waals surface area contributed by atoms with Gasteiger partial charge >= 0.3 is 0 Å². The molecule has 0 aromatic carbocycles. The second kappa shape index (κ2) is 7.86. The Morgan fingerprint density at radius 1 is 1.26 bits per heavy atom. The van der Waals surface area contributed by atoms with Crippen molar-refractivity contribution in [3.8, 4) is 0 Å². The molecule has 2 atom stereocenters. The lowest BCUT2D eigenvalue weighted by molar-refractivity contribution is -0.123. The van der Waals surface area contributed by atoms with E-state index < -0.39 is 5.92 Å². The average molecular weight is 403 g/mol. The first-order valence-electron chi connectivity index (χ1n) is 9.52. The monoisotopic (exact) mass is 402 g/mol. The summed E-state index contributed by atoms with van der Waals surface area (Å²) in [6, 6.07) is 2.07. The highest BCUT2D eigenvalue weighted by Crippen LogP contribution is 2.41. The van der Waals surface area contributed by atoms with Gasteiger partial charge in [0.1, 0.15) is 5.92 Å². The minimum Gasteiger partial charge on any atom is -0.381 e. The number of ketones is 2. The van der Waals surface area contributed by atoms with Gasteiger partial charge in [-0.3, -0.25) is 9.59 Å². The van der Waals surface area contributed by atoms with Gasteiger partial charge in [0.2, 0.25) is 0 Å². The van der Waals surface area contributed by atoms with E-state index in [1.807, 2.05) is 25.2 Å². The molecule has 0 N–H and O–H groups in total. The molecule has 4 rings (SSSR count). The summed E-state index contributed by atoms with van der Waals surface area (Å²) in [5.41, 5.74) is 1.60. The van der Waals surface area contributed by atoms with Crippen LogP contribution in [0.1, 0.15) is 52.8 Å². The molecule has 0 amide bonds. The van der Waals surface area contributed by atoms with Crippen molar-refractivity contribution in [2.24, 2.45) is 5.92 Å². The largest absolute Gasteiger partial charge is 0.381 e. The Hall–Kier alpha value is -1.49. The molecule has 0 bridgehead atoms. The maximum Gasteiger partial charge on any atom is 0.173 e. The Labute approximate surface area is 168 Å². The maximum absolute atomic E-state index is 13.0. The van der Waals surface area contributed by atoms with Gasteiger partial charge < -0.3 is 4.74 Å². The van der Waals surface area contributed by atoms with E-state index in [2.05, 4.69) is 12.1 Å². The number of carbonyl (C=O) groups is 2. The van der Waals surface area contributed by atoms with E-state index in [1.165, 1.54) is 4.88 Å². The van der Waals surface area contributed by atoms with Crippen LogP contribution in [0.15, 0.2) is 41.0 Å². The molecular weight excluding hydrogens is 380 g/mol. The van der Waals surface area contributed by atoms with Crippen LogP contribution < -0.4 is 0 Å². The Morgan fingerprint density at radius 3 is 2.74 bits per heavy atom. The van der Waals surface area contributed by atoms with Crippen LogP contribution in [-0.4, -0.2) is 24.8 Å². The molecule has 1 saturated carbocycles. The van der Waals surface area contributed by atoms with Crippen molar-refractivity contribution in [2.75, 3.05) is 13.2 Å². The summed E-state index contributed by atoms with van der Waals surface area (Å²) in [5, 5.41) is 0.767. The number of rotatable bonds is 3. The molecule has 3 aliphatic rings. The SMILES string of the molecule is Cc1sc(C2C=CC(Cl)=CC2)cc1C1C(=O)C/C(=C\C2CCOCC2)C1=O. The van der Waals surface area contributed by atoms with Crippen molar-refractivity contribution in [1.29, 1.82) is 0 Å². The molecule has 1 saturated heterocycles. The second-order valence-corrected chi connectivity index (χ2v) is 9.26. The molecule has 0 spiro atoms. The molecule has 2 heterocycles. The lowest BCUT2D eigenvalue weighted by Gasteiger charge is -2.19. The first-order chi connectivity index (χ1) is 13.0. The molecule has 1 aromatic heterocycles. The zero-order valence-electron chi connectivity index (χ0n) is 15.4. The number of aryl methyl sites for hydroxylation is 1. The summed E-state index contributed by atoms with van der Waals surface area (Å²) in [7, 11) is 0. The lowest BCUT2D eigenvalue weighted by Crippen LogP contribution is -2.15. The number of hydrogen-bond donors (Lipinski definition) is 0. The molecule has 1 aromatic rings. The molecule has 27 heavy (non-hydrogen) atoms. The summed E-state index contributed by atoms with van der Waals surface area (Å²) < 4.78 is 5.39. The molecule has 3 nitrogen and oxygen atoms in total. The van der Waals surface area contributed by atoms with Gasteiger partial charge in [-0.15, -0.1) is 11.3 Å². The summed E-state index contributed by atoms with van der Waals surface area (Å²) in [5.74, 6) is 0.0443. The number of carbonyl (C=O) groups excluding carboxylic acids is 2. The van der Waals surface area contributed by atoms with Crippen molar-refractivity contribution in [3.05, 3.63) is 56.3 Å². The van der Waals surface area contributed by atoms with Crippen LogP contribution in [0, 0.1) is 12.8 Å². The quantitative estimate of drug-likeness (QED) is 0.515. The number of halogens is 1. The van der Waals surface area contributed by atoms with Gasteiger partial charge in [0.15, 0.2) is 11.6 Å². The molecule has 142 valence electrons. The summed E-state index contributed by atoms with van der Waals surface area (Å²) >= 11 is 7.70. The number of hydrogen-bond acceptors (Lipinski definition) is 4. The standard InChI is InChI=1S/C22H23ClO3S/c1-13-18(12-20(27-13)15-2-4-17(23)5-3-15)21-19(24)11-16(22(21)25)10-14-6-8-26-9-7-14/h2,4-5,10,12,14-15,21H,3,6-9,11H2,1H3/b16-10+. The highest BCUT2D eigenvalue weighted by molar-refractivity contribution is 7.12. The lowest BCUT2D eigenvalue weighted by atomic mass is 9.92. The number of ether oxygens (including phenoxy) is 1. The Bertz CT molecular complexity index is 855. The van der Waals surface area contributed by atoms with Crippen molar-refractivity contribution >= 4 is 34.5 Å². The van der Waals surface area contributed by atoms with Gasteiger partial charge in [0.05, 0.1) is 0 Å². The van der Waals surface area contributed by atoms with Crippen molar-refractivity contribution in [2.45, 2.75) is 44.4 Å². The molecule has 0 radical (unpaired) electrons. The van der Waals surface area contributed by atoms with Crippen LogP contribution in [0.4, 0.5) is 0 Å². The van der Waals surface area contributed by atoms with Crippen LogP contribution >= 0.6 is 22.9 Å². The fourth-order valence-electron chi connectivity index (χ4n) is 4.13. The highest BCUT2D eigenvalue weighted by atomic mass is 35.5. The van der Waals surface area contributed by atoms with Gasteiger partial charge in [-0.1, -0.05) is 29.8 Å². The van der Waals surface area contributed by atoms with Gasteiger partial charge in [0.25, 0.3) is 0 Å². The van der Waals surface area contributed by atoms with Crippen LogP contribution in [0.3, 0.4) is 0 Å². The minimum absolute atomic E-state index is 0.000989. The third-order valence-corrected chi connectivity index (χ3v) is 7.15. The van der Waals surface area contributed by atoms with Crippen molar-refractivity contribution < 1.29 is 14.3 Å². The zero-order valence-corrected chi connectivity index (χ0v) is 16.9. The van der Waals surface area contributed by atoms with E-state index in [9.17, 15) is 9.59 Å². The Morgan fingerprint density at radius 2 is 2.04 bits per heavy atom. The number of allylic oxidation sites excluding steroid dienone is 6. The molecule has 2 aliphatic carbocycles. The van der Waals surface area contributed by atoms with Crippen molar-refractivity contribution in [3.63, 3.8) is 0 Å². The fraction of sp³-hybridized carbons (Fsp3) is 0.455. The first kappa shape index (κ1) is 18.9. The van der Waals surface area contributed by atoms with Gasteiger partial charge in [-0.05, 0) is 55.4 Å². The molecule has 2 unspecified atom stereocenters. The van der Waals surface area contributed by atoms with Gasteiger partial charge in [-0.25, -0.2) is 0 Å². The zero-order chi connectivity index (χ0) is 19.0. The van der Waals surface area contributed by atoms with E-state index in [0.717, 1.165) is 47.9 Å². The van der Waals surface area contributed by atoms with Gasteiger partial charge in [0, 0.05) is 40.3 Å². The van der Waals surface area contributed by atoms with E-state index in [-0.39, 0.29) is 23.9 Å². The normalized spacial score (nSPS) is 28.2. The highest BCUT2D eigenvalue weighted by Gasteiger charge is 2.40. The van der Waals surface area contributed by atoms with E-state index in [4.69, 9.17) is 16.3 Å². The number of Topliss-reactive ketones (excluding diaryl/α,β-unsaturated/α-hetero) is 2. The van der Waals surface area contributed by atoms with E-state index in [0.29, 0.717) is 11.5 Å². The fourth-order valence-corrected chi connectivity index (χ4v) is 5.45. The van der Waals surface area contributed by atoms with Crippen LogP contribution in [-0.2, 0) is 14.3 Å². The first-order valence-corrected chi connectivity index (χ1v) is 10.7. The smallest absolute Gasteiger partial charge is 0.173 e. The third kappa shape index (κ3) is 3.89. The van der Waals surface area contributed by atoms with Crippen molar-refractivity contribution in [1.82, 2.24) is 0 Å². The van der Waals surface area contributed by atoms with Gasteiger partial charge in [-0.2, -0.15) is 0 Å². The molecular formula is C22H23ClO3S.